The molecular formula is C16H16O. The number of hydrogen-bond acceptors (Lipinski definition) is 1. The van der Waals surface area contributed by atoms with Gasteiger partial charge in [-0.05, 0) is 29.5 Å². The van der Waals surface area contributed by atoms with Crippen molar-refractivity contribution < 1.29 is 5.11 Å². The minimum absolute atomic E-state index is 0.140. The van der Waals surface area contributed by atoms with E-state index in [9.17, 15) is 5.11 Å². The molecule has 0 fully saturated rings. The first kappa shape index (κ1) is 10.5. The number of fused-ring (bicyclic) bond motifs is 1. The van der Waals surface area contributed by atoms with Gasteiger partial charge in [0.25, 0.3) is 0 Å². The molecule has 0 saturated heterocycles. The van der Waals surface area contributed by atoms with Crippen molar-refractivity contribution in [3.05, 3.63) is 71.3 Å². The Kier molecular flexibility index (Phi) is 2.69. The Morgan fingerprint density at radius 2 is 1.59 bits per heavy atom. The van der Waals surface area contributed by atoms with E-state index < -0.39 is 0 Å². The van der Waals surface area contributed by atoms with E-state index in [0.717, 1.165) is 12.8 Å². The zero-order valence-corrected chi connectivity index (χ0v) is 9.71. The van der Waals surface area contributed by atoms with Crippen molar-refractivity contribution in [3.63, 3.8) is 0 Å². The van der Waals surface area contributed by atoms with Crippen molar-refractivity contribution in [3.8, 4) is 0 Å². The van der Waals surface area contributed by atoms with Crippen molar-refractivity contribution >= 4 is 0 Å². The van der Waals surface area contributed by atoms with Crippen LogP contribution in [0.15, 0.2) is 54.6 Å². The molecule has 3 rings (SSSR count). The first-order valence-electron chi connectivity index (χ1n) is 6.17. The fourth-order valence-corrected chi connectivity index (χ4v) is 2.80. The maximum atomic E-state index is 10.3. The molecule has 1 aliphatic carbocycles. The Bertz CT molecular complexity index is 504. The number of rotatable bonds is 1. The van der Waals surface area contributed by atoms with Gasteiger partial charge in [0.2, 0.25) is 0 Å². The van der Waals surface area contributed by atoms with Gasteiger partial charge in [-0.15, -0.1) is 0 Å². The third-order valence-electron chi connectivity index (χ3n) is 3.64. The maximum Gasteiger partial charge on any atom is 0.0652 e. The lowest BCUT2D eigenvalue weighted by atomic mass is 9.77. The molecule has 2 aromatic carbocycles. The van der Waals surface area contributed by atoms with Gasteiger partial charge < -0.3 is 5.11 Å². The second-order valence-corrected chi connectivity index (χ2v) is 4.69. The van der Waals surface area contributed by atoms with E-state index in [1.165, 1.54) is 16.7 Å². The summed E-state index contributed by atoms with van der Waals surface area (Å²) in [6.45, 7) is 0. The average molecular weight is 224 g/mol. The lowest BCUT2D eigenvalue weighted by Crippen LogP contribution is -2.26. The molecule has 1 N–H and O–H groups in total. The Morgan fingerprint density at radius 3 is 2.41 bits per heavy atom. The van der Waals surface area contributed by atoms with Crippen molar-refractivity contribution in [1.82, 2.24) is 0 Å². The summed E-state index contributed by atoms with van der Waals surface area (Å²) in [6.07, 6.45) is 1.59. The van der Waals surface area contributed by atoms with Crippen LogP contribution in [0.4, 0.5) is 0 Å². The predicted octanol–water partition coefficient (Wildman–Crippen LogP) is 3.13. The highest BCUT2D eigenvalue weighted by atomic mass is 16.3. The third kappa shape index (κ3) is 1.87. The fraction of sp³-hybridized carbons (Fsp3) is 0.250. The Hall–Kier alpha value is -1.60. The highest BCUT2D eigenvalue weighted by Gasteiger charge is 2.28. The Labute approximate surface area is 102 Å². The monoisotopic (exact) mass is 224 g/mol. The normalized spacial score (nSPS) is 23.1. The van der Waals surface area contributed by atoms with E-state index in [0.29, 0.717) is 0 Å². The molecule has 0 unspecified atom stereocenters. The van der Waals surface area contributed by atoms with Gasteiger partial charge in [0.05, 0.1) is 6.10 Å². The molecule has 0 spiro atoms. The van der Waals surface area contributed by atoms with Gasteiger partial charge in [-0.3, -0.25) is 0 Å². The molecule has 2 aromatic rings. The topological polar surface area (TPSA) is 20.2 Å². The predicted molar refractivity (Wildman–Crippen MR) is 69.1 cm³/mol. The first-order valence-corrected chi connectivity index (χ1v) is 6.17. The van der Waals surface area contributed by atoms with Gasteiger partial charge in [-0.1, -0.05) is 54.6 Å². The Morgan fingerprint density at radius 1 is 0.882 bits per heavy atom. The largest absolute Gasteiger partial charge is 0.392 e. The average Bonchev–Trinajstić information content (AvgIpc) is 2.39. The quantitative estimate of drug-likeness (QED) is 0.789. The van der Waals surface area contributed by atoms with Gasteiger partial charge in [0.1, 0.15) is 0 Å². The minimum Gasteiger partial charge on any atom is -0.392 e. The summed E-state index contributed by atoms with van der Waals surface area (Å²) in [7, 11) is 0. The summed E-state index contributed by atoms with van der Waals surface area (Å²) in [5.74, 6) is 0.140. The molecule has 17 heavy (non-hydrogen) atoms. The zero-order chi connectivity index (χ0) is 11.7. The molecule has 86 valence electrons. The van der Waals surface area contributed by atoms with Crippen LogP contribution in [0.25, 0.3) is 0 Å². The van der Waals surface area contributed by atoms with Crippen LogP contribution < -0.4 is 0 Å². The van der Waals surface area contributed by atoms with Crippen LogP contribution in [-0.4, -0.2) is 11.2 Å². The summed E-state index contributed by atoms with van der Waals surface area (Å²) in [4.78, 5) is 0. The summed E-state index contributed by atoms with van der Waals surface area (Å²) >= 11 is 0. The van der Waals surface area contributed by atoms with Crippen LogP contribution in [0, 0.1) is 0 Å². The molecule has 0 heterocycles. The lowest BCUT2D eigenvalue weighted by Gasteiger charge is -2.30. The van der Waals surface area contributed by atoms with Crippen LogP contribution in [-0.2, 0) is 6.42 Å². The first-order chi connectivity index (χ1) is 8.36. The number of aryl methyl sites for hydroxylation is 1. The van der Waals surface area contributed by atoms with Crippen molar-refractivity contribution in [2.45, 2.75) is 24.9 Å². The van der Waals surface area contributed by atoms with Crippen LogP contribution in [0.2, 0.25) is 0 Å². The molecule has 0 aromatic heterocycles. The SMILES string of the molecule is O[C@H]1CCc2ccccc2[C@@H]1c1ccccc1. The van der Waals surface area contributed by atoms with E-state index in [1.54, 1.807) is 0 Å². The summed E-state index contributed by atoms with van der Waals surface area (Å²) in [6, 6.07) is 18.8. The summed E-state index contributed by atoms with van der Waals surface area (Å²) in [5.41, 5.74) is 3.89. The van der Waals surface area contributed by atoms with Crippen LogP contribution in [0.1, 0.15) is 29.0 Å². The maximum absolute atomic E-state index is 10.3. The van der Waals surface area contributed by atoms with E-state index in [4.69, 9.17) is 0 Å². The van der Waals surface area contributed by atoms with Crippen molar-refractivity contribution in [1.29, 1.82) is 0 Å². The van der Waals surface area contributed by atoms with Gasteiger partial charge in [-0.25, -0.2) is 0 Å². The molecule has 0 aliphatic heterocycles. The molecular weight excluding hydrogens is 208 g/mol. The van der Waals surface area contributed by atoms with E-state index in [-0.39, 0.29) is 12.0 Å². The van der Waals surface area contributed by atoms with Gasteiger partial charge in [-0.2, -0.15) is 0 Å². The highest BCUT2D eigenvalue weighted by molar-refractivity contribution is 5.41. The molecule has 0 saturated carbocycles. The molecule has 0 amide bonds. The van der Waals surface area contributed by atoms with E-state index >= 15 is 0 Å². The number of aliphatic hydroxyl groups is 1. The van der Waals surface area contributed by atoms with Crippen LogP contribution in [0.3, 0.4) is 0 Å². The van der Waals surface area contributed by atoms with Crippen LogP contribution in [0.5, 0.6) is 0 Å². The molecule has 1 heteroatoms. The second kappa shape index (κ2) is 4.34. The number of aliphatic hydroxyl groups excluding tert-OH is 1. The molecule has 0 bridgehead atoms. The van der Waals surface area contributed by atoms with Gasteiger partial charge >= 0.3 is 0 Å². The molecule has 0 radical (unpaired) electrons. The minimum atomic E-state index is -0.257. The van der Waals surface area contributed by atoms with Crippen molar-refractivity contribution in [2.24, 2.45) is 0 Å². The lowest BCUT2D eigenvalue weighted by molar-refractivity contribution is 0.140. The smallest absolute Gasteiger partial charge is 0.0652 e. The van der Waals surface area contributed by atoms with E-state index in [2.05, 4.69) is 36.4 Å². The molecule has 1 nitrogen and oxygen atoms in total. The summed E-state index contributed by atoms with van der Waals surface area (Å²) in [5, 5.41) is 10.3. The van der Waals surface area contributed by atoms with Gasteiger partial charge in [0, 0.05) is 5.92 Å². The van der Waals surface area contributed by atoms with Gasteiger partial charge in [0.15, 0.2) is 0 Å². The standard InChI is InChI=1S/C16H16O/c17-15-11-10-12-6-4-5-9-14(12)16(15)13-7-2-1-3-8-13/h1-9,15-17H,10-11H2/t15-,16-/m0/s1. The third-order valence-corrected chi connectivity index (χ3v) is 3.64. The summed E-state index contributed by atoms with van der Waals surface area (Å²) < 4.78 is 0. The second-order valence-electron chi connectivity index (χ2n) is 4.69. The Balaban J connectivity index is 2.10. The van der Waals surface area contributed by atoms with Crippen LogP contribution >= 0.6 is 0 Å². The van der Waals surface area contributed by atoms with Crippen molar-refractivity contribution in [2.75, 3.05) is 0 Å². The number of hydrogen-bond donors (Lipinski definition) is 1. The number of benzene rings is 2. The van der Waals surface area contributed by atoms with E-state index in [1.807, 2.05) is 18.2 Å². The zero-order valence-electron chi connectivity index (χ0n) is 9.71. The highest BCUT2D eigenvalue weighted by Crippen LogP contribution is 2.36. The molecule has 1 aliphatic rings. The fourth-order valence-electron chi connectivity index (χ4n) is 2.80. The molecule has 2 atom stereocenters.